The van der Waals surface area contributed by atoms with Crippen molar-refractivity contribution in [3.8, 4) is 0 Å². The Hall–Kier alpha value is -2.57. The van der Waals surface area contributed by atoms with Crippen LogP contribution >= 0.6 is 0 Å². The lowest BCUT2D eigenvalue weighted by Gasteiger charge is -2.29. The number of ether oxygens (including phenoxy) is 1. The van der Waals surface area contributed by atoms with E-state index in [0.717, 1.165) is 43.1 Å². The maximum Gasteiger partial charge on any atom is 0.315 e. The van der Waals surface area contributed by atoms with E-state index in [-0.39, 0.29) is 12.6 Å². The Morgan fingerprint density at radius 2 is 1.73 bits per heavy atom. The van der Waals surface area contributed by atoms with E-state index in [0.29, 0.717) is 6.54 Å². The summed E-state index contributed by atoms with van der Waals surface area (Å²) in [5, 5.41) is 15.8. The van der Waals surface area contributed by atoms with Crippen LogP contribution in [0.25, 0.3) is 0 Å². The highest BCUT2D eigenvalue weighted by Crippen LogP contribution is 2.20. The number of benzene rings is 2. The molecule has 1 fully saturated rings. The first-order valence-electron chi connectivity index (χ1n) is 8.89. The number of aliphatic hydroxyl groups excluding tert-OH is 1. The maximum absolute atomic E-state index is 11.9. The normalized spacial score (nSPS) is 15.3. The monoisotopic (exact) mass is 355 g/mol. The molecule has 1 heterocycles. The molecule has 0 spiro atoms. The smallest absolute Gasteiger partial charge is 0.315 e. The average molecular weight is 355 g/mol. The molecule has 1 atom stereocenters. The minimum Gasteiger partial charge on any atom is -0.387 e. The Labute approximate surface area is 153 Å². The summed E-state index contributed by atoms with van der Waals surface area (Å²) < 4.78 is 5.36. The van der Waals surface area contributed by atoms with Gasteiger partial charge in [-0.25, -0.2) is 4.79 Å². The summed E-state index contributed by atoms with van der Waals surface area (Å²) in [5.41, 5.74) is 2.94. The largest absolute Gasteiger partial charge is 0.387 e. The number of hydrogen-bond donors (Lipinski definition) is 3. The van der Waals surface area contributed by atoms with Gasteiger partial charge in [0.2, 0.25) is 0 Å². The second-order valence-corrected chi connectivity index (χ2v) is 6.26. The van der Waals surface area contributed by atoms with Gasteiger partial charge in [-0.3, -0.25) is 0 Å². The highest BCUT2D eigenvalue weighted by Gasteiger charge is 2.13. The molecule has 0 aromatic heterocycles. The summed E-state index contributed by atoms with van der Waals surface area (Å²) in [5.74, 6) is 0. The van der Waals surface area contributed by atoms with Gasteiger partial charge >= 0.3 is 6.03 Å². The Morgan fingerprint density at radius 3 is 2.42 bits per heavy atom. The van der Waals surface area contributed by atoms with E-state index in [1.807, 2.05) is 54.6 Å². The number of nitrogens with zero attached hydrogens (tertiary/aromatic N) is 1. The molecule has 3 N–H and O–H groups in total. The lowest BCUT2D eigenvalue weighted by Crippen LogP contribution is -2.37. The number of aliphatic hydroxyl groups is 1. The summed E-state index contributed by atoms with van der Waals surface area (Å²) in [6.07, 6.45) is -0.740. The first kappa shape index (κ1) is 18.2. The number of amides is 2. The van der Waals surface area contributed by atoms with Crippen LogP contribution in [0.2, 0.25) is 0 Å². The van der Waals surface area contributed by atoms with Gasteiger partial charge in [0.25, 0.3) is 0 Å². The van der Waals surface area contributed by atoms with E-state index in [9.17, 15) is 9.90 Å². The number of urea groups is 1. The van der Waals surface area contributed by atoms with Gasteiger partial charge in [0.05, 0.1) is 19.3 Å². The van der Waals surface area contributed by atoms with Crippen LogP contribution in [0, 0.1) is 0 Å². The first-order chi connectivity index (χ1) is 12.7. The van der Waals surface area contributed by atoms with E-state index < -0.39 is 6.10 Å². The van der Waals surface area contributed by atoms with Crippen LogP contribution in [0.5, 0.6) is 0 Å². The van der Waals surface area contributed by atoms with Crippen LogP contribution < -0.4 is 15.5 Å². The topological polar surface area (TPSA) is 73.8 Å². The molecule has 1 aliphatic heterocycles. The van der Waals surface area contributed by atoms with Crippen LogP contribution in [-0.2, 0) is 11.3 Å². The molecule has 1 saturated heterocycles. The van der Waals surface area contributed by atoms with Crippen LogP contribution in [0.15, 0.2) is 54.6 Å². The number of carbonyl (C=O) groups excluding carboxylic acids is 1. The van der Waals surface area contributed by atoms with Gasteiger partial charge in [-0.15, -0.1) is 0 Å². The summed E-state index contributed by atoms with van der Waals surface area (Å²) in [6, 6.07) is 17.2. The van der Waals surface area contributed by atoms with Crippen LogP contribution in [-0.4, -0.2) is 44.0 Å². The number of hydrogen-bond acceptors (Lipinski definition) is 4. The molecule has 138 valence electrons. The third kappa shape index (κ3) is 5.21. The van der Waals surface area contributed by atoms with Crippen molar-refractivity contribution >= 4 is 11.7 Å². The van der Waals surface area contributed by atoms with Crippen LogP contribution in [0.4, 0.5) is 10.5 Å². The van der Waals surface area contributed by atoms with Gasteiger partial charge < -0.3 is 25.4 Å². The molecule has 0 radical (unpaired) electrons. The molecule has 6 nitrogen and oxygen atoms in total. The Morgan fingerprint density at radius 1 is 1.04 bits per heavy atom. The molecular formula is C20H25N3O3. The summed E-state index contributed by atoms with van der Waals surface area (Å²) in [7, 11) is 0. The molecule has 2 amide bonds. The highest BCUT2D eigenvalue weighted by molar-refractivity contribution is 5.73. The fraction of sp³-hybridized carbons (Fsp3) is 0.350. The summed E-state index contributed by atoms with van der Waals surface area (Å²) >= 11 is 0. The first-order valence-corrected chi connectivity index (χ1v) is 8.89. The number of anilines is 1. The van der Waals surface area contributed by atoms with Crippen molar-refractivity contribution in [2.24, 2.45) is 0 Å². The molecule has 0 bridgehead atoms. The third-order valence-electron chi connectivity index (χ3n) is 4.41. The Balaban J connectivity index is 1.43. The minimum absolute atomic E-state index is 0.164. The molecule has 3 rings (SSSR count). The van der Waals surface area contributed by atoms with Gasteiger partial charge in [0.1, 0.15) is 0 Å². The van der Waals surface area contributed by atoms with Crippen molar-refractivity contribution in [3.05, 3.63) is 65.7 Å². The highest BCUT2D eigenvalue weighted by atomic mass is 16.5. The fourth-order valence-electron chi connectivity index (χ4n) is 2.88. The van der Waals surface area contributed by atoms with Gasteiger partial charge in [-0.05, 0) is 23.3 Å². The quantitative estimate of drug-likeness (QED) is 0.742. The lowest BCUT2D eigenvalue weighted by atomic mass is 10.1. The van der Waals surface area contributed by atoms with E-state index >= 15 is 0 Å². The standard InChI is InChI=1S/C20H25N3O3/c24-19(15-22-20(25)21-14-16-4-2-1-3-5-16)17-6-8-18(9-7-17)23-10-12-26-13-11-23/h1-9,19,24H,10-15H2,(H2,21,22,25). The zero-order valence-corrected chi connectivity index (χ0v) is 14.7. The van der Waals surface area contributed by atoms with Gasteiger partial charge in [0, 0.05) is 31.9 Å². The minimum atomic E-state index is -0.740. The predicted octanol–water partition coefficient (Wildman–Crippen LogP) is 2.06. The molecule has 0 aliphatic carbocycles. The van der Waals surface area contributed by atoms with Crippen molar-refractivity contribution in [1.29, 1.82) is 0 Å². The third-order valence-corrected chi connectivity index (χ3v) is 4.41. The molecule has 26 heavy (non-hydrogen) atoms. The number of rotatable bonds is 6. The van der Waals surface area contributed by atoms with Crippen molar-refractivity contribution < 1.29 is 14.6 Å². The maximum atomic E-state index is 11.9. The predicted molar refractivity (Wildman–Crippen MR) is 101 cm³/mol. The molecule has 1 aliphatic rings. The zero-order valence-electron chi connectivity index (χ0n) is 14.7. The van der Waals surface area contributed by atoms with Gasteiger partial charge in [-0.1, -0.05) is 42.5 Å². The molecule has 6 heteroatoms. The summed E-state index contributed by atoms with van der Waals surface area (Å²) in [4.78, 5) is 14.1. The summed E-state index contributed by atoms with van der Waals surface area (Å²) in [6.45, 7) is 3.86. The zero-order chi connectivity index (χ0) is 18.2. The SMILES string of the molecule is O=C(NCc1ccccc1)NCC(O)c1ccc(N2CCOCC2)cc1. The van der Waals surface area contributed by atoms with Crippen molar-refractivity contribution in [3.63, 3.8) is 0 Å². The molecule has 0 saturated carbocycles. The van der Waals surface area contributed by atoms with Crippen molar-refractivity contribution in [1.82, 2.24) is 10.6 Å². The van der Waals surface area contributed by atoms with Crippen LogP contribution in [0.1, 0.15) is 17.2 Å². The molecule has 2 aromatic rings. The van der Waals surface area contributed by atoms with E-state index in [1.165, 1.54) is 0 Å². The van der Waals surface area contributed by atoms with E-state index in [1.54, 1.807) is 0 Å². The van der Waals surface area contributed by atoms with Crippen molar-refractivity contribution in [2.75, 3.05) is 37.7 Å². The number of carbonyl (C=O) groups is 1. The van der Waals surface area contributed by atoms with E-state index in [4.69, 9.17) is 4.74 Å². The average Bonchev–Trinajstić information content (AvgIpc) is 2.72. The Kier molecular flexibility index (Phi) is 6.46. The van der Waals surface area contributed by atoms with E-state index in [2.05, 4.69) is 15.5 Å². The van der Waals surface area contributed by atoms with Gasteiger partial charge in [-0.2, -0.15) is 0 Å². The second kappa shape index (κ2) is 9.22. The number of morpholine rings is 1. The Bertz CT molecular complexity index is 685. The fourth-order valence-corrected chi connectivity index (χ4v) is 2.88. The molecular weight excluding hydrogens is 330 g/mol. The van der Waals surface area contributed by atoms with Crippen LogP contribution in [0.3, 0.4) is 0 Å². The second-order valence-electron chi connectivity index (χ2n) is 6.26. The molecule has 2 aromatic carbocycles. The van der Waals surface area contributed by atoms with Gasteiger partial charge in [0.15, 0.2) is 0 Å². The number of nitrogens with one attached hydrogen (secondary N) is 2. The van der Waals surface area contributed by atoms with Crippen molar-refractivity contribution in [2.45, 2.75) is 12.6 Å². The molecule has 1 unspecified atom stereocenters. The lowest BCUT2D eigenvalue weighted by molar-refractivity contribution is 0.122.